The average molecular weight is 448 g/mol. The molecule has 5 rings (SSSR count). The van der Waals surface area contributed by atoms with Gasteiger partial charge in [0.1, 0.15) is 17.0 Å². The second kappa shape index (κ2) is 8.02. The lowest BCUT2D eigenvalue weighted by atomic mass is 9.91. The van der Waals surface area contributed by atoms with E-state index in [2.05, 4.69) is 5.10 Å². The van der Waals surface area contributed by atoms with Crippen molar-refractivity contribution in [3.8, 4) is 11.4 Å². The van der Waals surface area contributed by atoms with Gasteiger partial charge in [0, 0.05) is 24.9 Å². The Bertz CT molecular complexity index is 1210. The van der Waals surface area contributed by atoms with Gasteiger partial charge in [-0.25, -0.2) is 4.68 Å². The molecule has 0 unspecified atom stereocenters. The number of nitrogens with two attached hydrogens (primary N) is 1. The third kappa shape index (κ3) is 3.37. The summed E-state index contributed by atoms with van der Waals surface area (Å²) in [7, 11) is 3.25. The van der Waals surface area contributed by atoms with Crippen LogP contribution in [0.4, 0.5) is 5.69 Å². The van der Waals surface area contributed by atoms with E-state index in [4.69, 9.17) is 19.9 Å². The fraction of sp³-hybridized carbons (Fsp3) is 0.292. The van der Waals surface area contributed by atoms with Crippen molar-refractivity contribution in [2.75, 3.05) is 38.9 Å². The maximum absolute atomic E-state index is 13.6. The topological polar surface area (TPSA) is 109 Å². The van der Waals surface area contributed by atoms with Crippen LogP contribution in [0, 0.1) is 0 Å². The highest BCUT2D eigenvalue weighted by Crippen LogP contribution is 2.35. The van der Waals surface area contributed by atoms with Crippen LogP contribution >= 0.6 is 0 Å². The van der Waals surface area contributed by atoms with E-state index in [1.54, 1.807) is 43.4 Å². The molecule has 3 aromatic rings. The van der Waals surface area contributed by atoms with E-state index in [0.29, 0.717) is 48.9 Å². The summed E-state index contributed by atoms with van der Waals surface area (Å²) < 4.78 is 17.7. The van der Waals surface area contributed by atoms with Crippen LogP contribution in [0.5, 0.6) is 5.75 Å². The molecule has 9 heteroatoms. The maximum atomic E-state index is 13.6. The molecule has 0 radical (unpaired) electrons. The standard InChI is InChI=1S/C24H24N4O5/c1-31-18-9-7-17(8-10-18)28-21-19(20(26-28)22(25)29)11-12-27(23(21)30)16-5-3-15(4-6-16)24(32-2)13-33-14-24/h3-10H,11-14H2,1-2H3,(H2,25,29). The van der Waals surface area contributed by atoms with Gasteiger partial charge >= 0.3 is 0 Å². The zero-order valence-corrected chi connectivity index (χ0v) is 18.4. The van der Waals surface area contributed by atoms with Crippen molar-refractivity contribution in [2.45, 2.75) is 12.0 Å². The minimum absolute atomic E-state index is 0.121. The third-order valence-electron chi connectivity index (χ3n) is 6.33. The normalized spacial score (nSPS) is 16.8. The molecule has 0 atom stereocenters. The fourth-order valence-electron chi connectivity index (χ4n) is 4.35. The summed E-state index contributed by atoms with van der Waals surface area (Å²) in [5, 5.41) is 4.40. The smallest absolute Gasteiger partial charge is 0.277 e. The van der Waals surface area contributed by atoms with Gasteiger partial charge in [0.2, 0.25) is 0 Å². The van der Waals surface area contributed by atoms with Crippen LogP contribution in [0.2, 0.25) is 0 Å². The number of carbonyl (C=O) groups excluding carboxylic acids is 2. The van der Waals surface area contributed by atoms with Crippen LogP contribution in [-0.4, -0.2) is 55.6 Å². The lowest BCUT2D eigenvalue weighted by molar-refractivity contribution is -0.202. The van der Waals surface area contributed by atoms with E-state index in [9.17, 15) is 9.59 Å². The minimum Gasteiger partial charge on any atom is -0.497 e. The van der Waals surface area contributed by atoms with Gasteiger partial charge in [-0.1, -0.05) is 12.1 Å². The van der Waals surface area contributed by atoms with Crippen LogP contribution in [-0.2, 0) is 21.5 Å². The summed E-state index contributed by atoms with van der Waals surface area (Å²) in [5.41, 5.74) is 8.57. The molecule has 2 N–H and O–H groups in total. The zero-order valence-electron chi connectivity index (χ0n) is 18.4. The summed E-state index contributed by atoms with van der Waals surface area (Å²) in [6.45, 7) is 1.43. The van der Waals surface area contributed by atoms with Crippen LogP contribution in [0.15, 0.2) is 48.5 Å². The number of benzene rings is 2. The second-order valence-corrected chi connectivity index (χ2v) is 8.09. The molecule has 2 amide bonds. The molecular formula is C24H24N4O5. The summed E-state index contributed by atoms with van der Waals surface area (Å²) in [4.78, 5) is 27.4. The van der Waals surface area contributed by atoms with Gasteiger partial charge in [0.05, 0.1) is 26.0 Å². The Balaban J connectivity index is 1.52. The summed E-state index contributed by atoms with van der Waals surface area (Å²) in [5.74, 6) is -0.224. The molecule has 170 valence electrons. The number of primary amides is 1. The van der Waals surface area contributed by atoms with Gasteiger partial charge in [-0.2, -0.15) is 5.10 Å². The molecule has 2 aliphatic heterocycles. The summed E-state index contributed by atoms with van der Waals surface area (Å²) in [6.07, 6.45) is 0.465. The number of methoxy groups -OCH3 is 2. The first-order valence-corrected chi connectivity index (χ1v) is 10.6. The van der Waals surface area contributed by atoms with Crippen LogP contribution < -0.4 is 15.4 Å². The predicted octanol–water partition coefficient (Wildman–Crippen LogP) is 2.05. The first kappa shape index (κ1) is 21.2. The SMILES string of the molecule is COc1ccc(-n2nc(C(N)=O)c3c2C(=O)N(c2ccc(C4(OC)COC4)cc2)CC3)cc1. The van der Waals surface area contributed by atoms with E-state index in [0.717, 1.165) is 11.3 Å². The van der Waals surface area contributed by atoms with Gasteiger partial charge in [-0.05, 0) is 48.4 Å². The molecule has 0 spiro atoms. The Morgan fingerprint density at radius 1 is 1.06 bits per heavy atom. The quantitative estimate of drug-likeness (QED) is 0.618. The molecule has 2 aliphatic rings. The van der Waals surface area contributed by atoms with Crippen LogP contribution in [0.1, 0.15) is 32.1 Å². The van der Waals surface area contributed by atoms with E-state index >= 15 is 0 Å². The highest BCUT2D eigenvalue weighted by Gasteiger charge is 2.41. The minimum atomic E-state index is -0.656. The zero-order chi connectivity index (χ0) is 23.2. The molecule has 2 aromatic carbocycles. The van der Waals surface area contributed by atoms with Crippen LogP contribution in [0.3, 0.4) is 0 Å². The van der Waals surface area contributed by atoms with Crippen molar-refractivity contribution in [2.24, 2.45) is 5.73 Å². The third-order valence-corrected chi connectivity index (χ3v) is 6.33. The predicted molar refractivity (Wildman–Crippen MR) is 120 cm³/mol. The first-order valence-electron chi connectivity index (χ1n) is 10.6. The number of rotatable bonds is 6. The maximum Gasteiger partial charge on any atom is 0.277 e. The molecule has 1 fully saturated rings. The Hall–Kier alpha value is -3.69. The molecule has 1 aromatic heterocycles. The number of aromatic nitrogens is 2. The molecule has 0 saturated carbocycles. The van der Waals surface area contributed by atoms with Crippen molar-refractivity contribution in [3.63, 3.8) is 0 Å². The van der Waals surface area contributed by atoms with Crippen molar-refractivity contribution < 1.29 is 23.8 Å². The molecule has 1 saturated heterocycles. The number of amides is 2. The van der Waals surface area contributed by atoms with Gasteiger partial charge in [0.15, 0.2) is 5.69 Å². The van der Waals surface area contributed by atoms with Crippen LogP contribution in [0.25, 0.3) is 5.69 Å². The van der Waals surface area contributed by atoms with Crippen molar-refractivity contribution in [3.05, 3.63) is 71.0 Å². The molecule has 3 heterocycles. The number of carbonyl (C=O) groups is 2. The van der Waals surface area contributed by atoms with Crippen molar-refractivity contribution in [1.82, 2.24) is 9.78 Å². The Labute approximate surface area is 190 Å². The lowest BCUT2D eigenvalue weighted by Gasteiger charge is -2.40. The molecule has 33 heavy (non-hydrogen) atoms. The number of ether oxygens (including phenoxy) is 3. The van der Waals surface area contributed by atoms with Gasteiger partial charge < -0.3 is 24.8 Å². The Kier molecular flexibility index (Phi) is 5.15. The molecule has 0 bridgehead atoms. The summed E-state index contributed by atoms with van der Waals surface area (Å²) >= 11 is 0. The van der Waals surface area contributed by atoms with E-state index in [1.165, 1.54) is 4.68 Å². The molecule has 9 nitrogen and oxygen atoms in total. The fourth-order valence-corrected chi connectivity index (χ4v) is 4.35. The monoisotopic (exact) mass is 448 g/mol. The lowest BCUT2D eigenvalue weighted by Crippen LogP contribution is -2.48. The van der Waals surface area contributed by atoms with E-state index in [-0.39, 0.29) is 11.6 Å². The van der Waals surface area contributed by atoms with E-state index in [1.807, 2.05) is 24.3 Å². The Morgan fingerprint density at radius 2 is 1.73 bits per heavy atom. The number of nitrogens with zero attached hydrogens (tertiary/aromatic N) is 3. The average Bonchev–Trinajstić information content (AvgIpc) is 3.21. The number of hydrogen-bond donors (Lipinski definition) is 1. The Morgan fingerprint density at radius 3 is 2.27 bits per heavy atom. The molecular weight excluding hydrogens is 424 g/mol. The highest BCUT2D eigenvalue weighted by atomic mass is 16.6. The first-order chi connectivity index (χ1) is 16.0. The molecule has 0 aliphatic carbocycles. The van der Waals surface area contributed by atoms with Gasteiger partial charge in [-0.3, -0.25) is 9.59 Å². The second-order valence-electron chi connectivity index (χ2n) is 8.09. The number of anilines is 1. The largest absolute Gasteiger partial charge is 0.497 e. The van der Waals surface area contributed by atoms with Gasteiger partial charge in [-0.15, -0.1) is 0 Å². The van der Waals surface area contributed by atoms with E-state index < -0.39 is 11.5 Å². The highest BCUT2D eigenvalue weighted by molar-refractivity contribution is 6.09. The van der Waals surface area contributed by atoms with Crippen molar-refractivity contribution >= 4 is 17.5 Å². The van der Waals surface area contributed by atoms with Crippen molar-refractivity contribution in [1.29, 1.82) is 0 Å². The summed E-state index contributed by atoms with van der Waals surface area (Å²) in [6, 6.07) is 14.8. The number of hydrogen-bond acceptors (Lipinski definition) is 6. The van der Waals surface area contributed by atoms with Gasteiger partial charge in [0.25, 0.3) is 11.8 Å². The number of fused-ring (bicyclic) bond motifs is 1.